The molecule has 0 saturated heterocycles. The van der Waals surface area contributed by atoms with Gasteiger partial charge in [-0.1, -0.05) is 84.9 Å². The molecule has 0 aromatic heterocycles. The number of rotatable bonds is 6. The highest BCUT2D eigenvalue weighted by atomic mass is 16.2. The van der Waals surface area contributed by atoms with Crippen LogP contribution in [0.3, 0.4) is 0 Å². The molecule has 36 heavy (non-hydrogen) atoms. The topological polar surface area (TPSA) is 68.3 Å². The molecule has 6 rings (SSSR count). The lowest BCUT2D eigenvalue weighted by Gasteiger charge is -2.13. The zero-order valence-electron chi connectivity index (χ0n) is 19.0. The molecule has 0 bridgehead atoms. The third-order valence-corrected chi connectivity index (χ3v) is 6.54. The molecule has 0 aliphatic carbocycles. The van der Waals surface area contributed by atoms with Gasteiger partial charge in [-0.15, -0.1) is 0 Å². The summed E-state index contributed by atoms with van der Waals surface area (Å²) in [6.07, 6.45) is 0. The molecule has 0 heterocycles. The molecule has 4 heteroatoms. The fourth-order valence-electron chi connectivity index (χ4n) is 4.80. The monoisotopic (exact) mass is 466 g/mol. The molecule has 0 spiro atoms. The van der Waals surface area contributed by atoms with Crippen molar-refractivity contribution < 1.29 is 19.2 Å². The maximum Gasteiger partial charge on any atom is 0.233 e. The third-order valence-electron chi connectivity index (χ3n) is 6.54. The number of hydrogen-bond acceptors (Lipinski definition) is 4. The van der Waals surface area contributed by atoms with Crippen molar-refractivity contribution in [1.29, 1.82) is 0 Å². The highest BCUT2D eigenvalue weighted by Crippen LogP contribution is 2.36. The molecule has 6 aromatic carbocycles. The first-order valence-corrected chi connectivity index (χ1v) is 11.5. The molecule has 4 nitrogen and oxygen atoms in total. The molecular formula is C32H18O4. The van der Waals surface area contributed by atoms with Crippen LogP contribution < -0.4 is 0 Å². The van der Waals surface area contributed by atoms with E-state index in [2.05, 4.69) is 0 Å². The van der Waals surface area contributed by atoms with Gasteiger partial charge in [0.15, 0.2) is 0 Å². The van der Waals surface area contributed by atoms with Crippen LogP contribution in [-0.4, -0.2) is 23.1 Å². The van der Waals surface area contributed by atoms with E-state index in [1.165, 1.54) is 0 Å². The predicted molar refractivity (Wildman–Crippen MR) is 140 cm³/mol. The molecule has 0 saturated carbocycles. The zero-order chi connectivity index (χ0) is 24.8. The van der Waals surface area contributed by atoms with Crippen LogP contribution in [0.1, 0.15) is 41.4 Å². The van der Waals surface area contributed by atoms with Gasteiger partial charge in [0, 0.05) is 22.3 Å². The number of carbonyl (C=O) groups is 4. The van der Waals surface area contributed by atoms with Gasteiger partial charge in [-0.05, 0) is 56.6 Å². The molecule has 170 valence electrons. The largest absolute Gasteiger partial charge is 0.285 e. The van der Waals surface area contributed by atoms with E-state index in [0.717, 1.165) is 32.3 Å². The summed E-state index contributed by atoms with van der Waals surface area (Å²) >= 11 is 0. The van der Waals surface area contributed by atoms with Crippen molar-refractivity contribution in [3.8, 4) is 0 Å². The van der Waals surface area contributed by atoms with Crippen LogP contribution in [0.25, 0.3) is 32.3 Å². The van der Waals surface area contributed by atoms with Crippen LogP contribution in [-0.2, 0) is 0 Å². The van der Waals surface area contributed by atoms with Crippen LogP contribution in [0.4, 0.5) is 0 Å². The average molecular weight is 466 g/mol. The Balaban J connectivity index is 1.44. The van der Waals surface area contributed by atoms with Gasteiger partial charge in [-0.2, -0.15) is 0 Å². The van der Waals surface area contributed by atoms with Crippen LogP contribution in [0, 0.1) is 0 Å². The minimum absolute atomic E-state index is 0.332. The molecule has 0 aliphatic rings. The van der Waals surface area contributed by atoms with Gasteiger partial charge in [0.05, 0.1) is 0 Å². The molecule has 0 aliphatic heterocycles. The third kappa shape index (κ3) is 3.48. The number of Topliss-reactive ketones (excluding diaryl/α,β-unsaturated/α-hetero) is 4. The quantitative estimate of drug-likeness (QED) is 0.155. The number of hydrogen-bond donors (Lipinski definition) is 0. The summed E-state index contributed by atoms with van der Waals surface area (Å²) in [5.41, 5.74) is 1.38. The molecule has 0 unspecified atom stereocenters. The lowest BCUT2D eigenvalue weighted by molar-refractivity contribution is 0.0817. The zero-order valence-corrected chi connectivity index (χ0v) is 19.0. The maximum atomic E-state index is 13.0. The van der Waals surface area contributed by atoms with Crippen LogP contribution in [0.15, 0.2) is 109 Å². The van der Waals surface area contributed by atoms with E-state index in [0.29, 0.717) is 22.3 Å². The average Bonchev–Trinajstić information content (AvgIpc) is 2.94. The molecule has 0 fully saturated rings. The Hall–Kier alpha value is -4.96. The lowest BCUT2D eigenvalue weighted by atomic mass is 9.89. The molecule has 0 N–H and O–H groups in total. The summed E-state index contributed by atoms with van der Waals surface area (Å²) in [6.45, 7) is 0. The first-order valence-electron chi connectivity index (χ1n) is 11.5. The van der Waals surface area contributed by atoms with Gasteiger partial charge in [0.25, 0.3) is 0 Å². The van der Waals surface area contributed by atoms with Gasteiger partial charge >= 0.3 is 0 Å². The number of carbonyl (C=O) groups excluding carboxylic acids is 4. The van der Waals surface area contributed by atoms with E-state index in [4.69, 9.17) is 0 Å². The Morgan fingerprint density at radius 2 is 0.611 bits per heavy atom. The first-order chi connectivity index (χ1) is 17.5. The van der Waals surface area contributed by atoms with Crippen LogP contribution in [0.5, 0.6) is 0 Å². The normalized spacial score (nSPS) is 11.2. The summed E-state index contributed by atoms with van der Waals surface area (Å²) in [4.78, 5) is 51.5. The van der Waals surface area contributed by atoms with Gasteiger partial charge in [0.1, 0.15) is 0 Å². The van der Waals surface area contributed by atoms with Crippen molar-refractivity contribution >= 4 is 55.5 Å². The minimum atomic E-state index is -0.556. The summed E-state index contributed by atoms with van der Waals surface area (Å²) in [6, 6.07) is 31.5. The Morgan fingerprint density at radius 3 is 0.917 bits per heavy atom. The maximum absolute atomic E-state index is 13.0. The predicted octanol–water partition coefficient (Wildman–Crippen LogP) is 6.72. The molecule has 0 atom stereocenters. The fraction of sp³-hybridized carbons (Fsp3) is 0. The second kappa shape index (κ2) is 8.36. The van der Waals surface area contributed by atoms with Gasteiger partial charge < -0.3 is 0 Å². The van der Waals surface area contributed by atoms with Crippen molar-refractivity contribution in [2.75, 3.05) is 0 Å². The van der Waals surface area contributed by atoms with E-state index in [-0.39, 0.29) is 0 Å². The standard InChI is InChI=1S/C32H18O4/c33-29(19-7-3-1-4-8-19)31(35)25-15-21-11-13-23-17-26(32(36)30(34)20-9-5-2-6-10-20)18-24-14-12-22(16-25)27(21)28(23)24/h1-18H. The van der Waals surface area contributed by atoms with Crippen molar-refractivity contribution in [1.82, 2.24) is 0 Å². The van der Waals surface area contributed by atoms with Gasteiger partial charge in [-0.3, -0.25) is 19.2 Å². The van der Waals surface area contributed by atoms with Gasteiger partial charge in [-0.25, -0.2) is 0 Å². The minimum Gasteiger partial charge on any atom is -0.285 e. The summed E-state index contributed by atoms with van der Waals surface area (Å²) < 4.78 is 0. The van der Waals surface area contributed by atoms with E-state index in [1.807, 2.05) is 24.3 Å². The summed E-state index contributed by atoms with van der Waals surface area (Å²) in [5, 5.41) is 5.20. The summed E-state index contributed by atoms with van der Waals surface area (Å²) in [5.74, 6) is -2.21. The first kappa shape index (κ1) is 21.6. The Labute approximate surface area is 206 Å². The van der Waals surface area contributed by atoms with Crippen LogP contribution >= 0.6 is 0 Å². The second-order valence-electron chi connectivity index (χ2n) is 8.77. The number of ketones is 4. The second-order valence-corrected chi connectivity index (χ2v) is 8.77. The highest BCUT2D eigenvalue weighted by molar-refractivity contribution is 6.50. The van der Waals surface area contributed by atoms with E-state index < -0.39 is 23.1 Å². The number of benzene rings is 6. The Morgan fingerprint density at radius 1 is 0.333 bits per heavy atom. The summed E-state index contributed by atoms with van der Waals surface area (Å²) in [7, 11) is 0. The Bertz CT molecular complexity index is 1630. The highest BCUT2D eigenvalue weighted by Gasteiger charge is 2.22. The van der Waals surface area contributed by atoms with E-state index in [9.17, 15) is 19.2 Å². The van der Waals surface area contributed by atoms with E-state index >= 15 is 0 Å². The smallest absolute Gasteiger partial charge is 0.233 e. The van der Waals surface area contributed by atoms with Crippen LogP contribution in [0.2, 0.25) is 0 Å². The van der Waals surface area contributed by atoms with Crippen molar-refractivity contribution in [3.63, 3.8) is 0 Å². The Kier molecular flexibility index (Phi) is 5.01. The fourth-order valence-corrected chi connectivity index (χ4v) is 4.80. The molecule has 0 radical (unpaired) electrons. The van der Waals surface area contributed by atoms with Gasteiger partial charge in [0.2, 0.25) is 23.1 Å². The lowest BCUT2D eigenvalue weighted by Crippen LogP contribution is -2.14. The molecular weight excluding hydrogens is 448 g/mol. The van der Waals surface area contributed by atoms with E-state index in [1.54, 1.807) is 84.9 Å². The van der Waals surface area contributed by atoms with Crippen molar-refractivity contribution in [3.05, 3.63) is 131 Å². The molecule has 6 aromatic rings. The van der Waals surface area contributed by atoms with Crippen molar-refractivity contribution in [2.24, 2.45) is 0 Å². The SMILES string of the molecule is O=C(C(=O)c1cc2ccc3cc(C(=O)C(=O)c4ccccc4)cc4ccc(c1)c2c34)c1ccccc1. The molecule has 0 amide bonds. The van der Waals surface area contributed by atoms with Crippen molar-refractivity contribution in [2.45, 2.75) is 0 Å².